The van der Waals surface area contributed by atoms with Crippen LogP contribution >= 0.6 is 11.3 Å². The Kier molecular flexibility index (Phi) is 6.21. The fourth-order valence-corrected chi connectivity index (χ4v) is 5.31. The highest BCUT2D eigenvalue weighted by Gasteiger charge is 2.38. The number of rotatable bonds is 6. The molecule has 1 aliphatic heterocycles. The Morgan fingerprint density at radius 1 is 1.23 bits per heavy atom. The van der Waals surface area contributed by atoms with Gasteiger partial charge in [0, 0.05) is 28.6 Å². The Balaban J connectivity index is 1.37. The molecule has 2 aromatic carbocycles. The first-order chi connectivity index (χ1) is 16.8. The van der Waals surface area contributed by atoms with Gasteiger partial charge in [0.2, 0.25) is 11.8 Å². The van der Waals surface area contributed by atoms with E-state index in [0.717, 1.165) is 16.3 Å². The zero-order chi connectivity index (χ0) is 24.6. The number of nitrogens with zero attached hydrogens (tertiary/aromatic N) is 4. The van der Waals surface area contributed by atoms with E-state index in [4.69, 9.17) is 10.2 Å². The third-order valence-corrected chi connectivity index (χ3v) is 7.18. The zero-order valence-electron chi connectivity index (χ0n) is 19.5. The van der Waals surface area contributed by atoms with Crippen LogP contribution in [0.3, 0.4) is 0 Å². The second kappa shape index (κ2) is 9.31. The van der Waals surface area contributed by atoms with E-state index in [1.54, 1.807) is 29.2 Å². The van der Waals surface area contributed by atoms with E-state index in [2.05, 4.69) is 15.2 Å². The molecule has 0 unspecified atom stereocenters. The van der Waals surface area contributed by atoms with Crippen molar-refractivity contribution in [3.8, 4) is 11.5 Å². The first kappa shape index (κ1) is 23.3. The summed E-state index contributed by atoms with van der Waals surface area (Å²) in [5, 5.41) is 11.0. The molecule has 2 N–H and O–H groups in total. The predicted octanol–water partition coefficient (Wildman–Crippen LogP) is 4.84. The van der Waals surface area contributed by atoms with Crippen LogP contribution in [-0.4, -0.2) is 38.7 Å². The number of aromatic nitrogens is 3. The van der Waals surface area contributed by atoms with Gasteiger partial charge in [-0.15, -0.1) is 21.5 Å². The summed E-state index contributed by atoms with van der Waals surface area (Å²) in [6, 6.07) is 16.4. The zero-order valence-corrected chi connectivity index (χ0v) is 20.3. The molecule has 0 radical (unpaired) electrons. The second-order valence-corrected chi connectivity index (χ2v) is 10.1. The predicted molar refractivity (Wildman–Crippen MR) is 132 cm³/mol. The molecule has 3 atom stereocenters. The molecule has 2 aromatic heterocycles. The maximum absolute atomic E-state index is 14.3. The van der Waals surface area contributed by atoms with Crippen LogP contribution in [0.25, 0.3) is 11.5 Å². The molecule has 0 bridgehead atoms. The fourth-order valence-electron chi connectivity index (χ4n) is 4.39. The molecule has 1 aliphatic rings. The quantitative estimate of drug-likeness (QED) is 0.414. The maximum Gasteiger partial charge on any atom is 0.254 e. The Hall–Kier alpha value is -3.43. The number of aryl methyl sites for hydroxylation is 1. The molecular formula is C26H26FN5O2S. The van der Waals surface area contributed by atoms with Crippen LogP contribution in [0.5, 0.6) is 0 Å². The lowest BCUT2D eigenvalue weighted by atomic mass is 9.94. The summed E-state index contributed by atoms with van der Waals surface area (Å²) in [4.78, 5) is 19.4. The average molecular weight is 492 g/mol. The highest BCUT2D eigenvalue weighted by atomic mass is 32.1. The summed E-state index contributed by atoms with van der Waals surface area (Å²) in [6.45, 7) is 3.78. The van der Waals surface area contributed by atoms with E-state index in [1.165, 1.54) is 11.3 Å². The summed E-state index contributed by atoms with van der Waals surface area (Å²) in [5.74, 6) is 0.334. The molecule has 35 heavy (non-hydrogen) atoms. The van der Waals surface area contributed by atoms with Gasteiger partial charge in [0.05, 0.1) is 18.1 Å². The smallest absolute Gasteiger partial charge is 0.254 e. The number of halogens is 1. The maximum atomic E-state index is 14.3. The molecule has 9 heteroatoms. The van der Waals surface area contributed by atoms with Crippen LogP contribution in [0.2, 0.25) is 0 Å². The van der Waals surface area contributed by atoms with E-state index in [1.807, 2.05) is 49.6 Å². The van der Waals surface area contributed by atoms with Crippen molar-refractivity contribution in [2.75, 3.05) is 6.54 Å². The minimum absolute atomic E-state index is 0.0437. The number of nitrogens with two attached hydrogens (primary N) is 1. The highest BCUT2D eigenvalue weighted by Crippen LogP contribution is 2.36. The number of hydrogen-bond acceptors (Lipinski definition) is 7. The number of carbonyl (C=O) groups is 1. The van der Waals surface area contributed by atoms with Gasteiger partial charge in [-0.25, -0.2) is 9.37 Å². The van der Waals surface area contributed by atoms with Crippen LogP contribution < -0.4 is 5.73 Å². The van der Waals surface area contributed by atoms with Crippen molar-refractivity contribution in [1.82, 2.24) is 20.1 Å². The Bertz CT molecular complexity index is 1340. The number of amides is 1. The minimum atomic E-state index is -1.08. The monoisotopic (exact) mass is 491 g/mol. The largest absolute Gasteiger partial charge is 0.419 e. The minimum Gasteiger partial charge on any atom is -0.419 e. The summed E-state index contributed by atoms with van der Waals surface area (Å²) >= 11 is 1.45. The normalized spacial score (nSPS) is 19.6. The van der Waals surface area contributed by atoms with Gasteiger partial charge in [-0.05, 0) is 44.0 Å². The summed E-state index contributed by atoms with van der Waals surface area (Å²) in [7, 11) is 0. The number of thiazole rings is 1. The van der Waals surface area contributed by atoms with Crippen LogP contribution in [-0.2, 0) is 12.0 Å². The topological polar surface area (TPSA) is 98.1 Å². The third kappa shape index (κ3) is 4.87. The van der Waals surface area contributed by atoms with E-state index in [0.29, 0.717) is 23.4 Å². The van der Waals surface area contributed by atoms with Gasteiger partial charge in [-0.2, -0.15) is 0 Å². The SMILES string of the molecule is Cc1csc([C@H]2C[C@H](F)CN2C(=O)c2cccc(-c3nnc([C@](C)(N)Cc4ccccc4)o3)c2)n1. The van der Waals surface area contributed by atoms with Crippen molar-refractivity contribution in [2.24, 2.45) is 5.73 Å². The standard InChI is InChI=1S/C26H26FN5O2S/c1-16-15-35-23(29-16)21-12-20(27)14-32(21)24(33)19-10-6-9-18(11-19)22-30-31-25(34-22)26(2,28)13-17-7-4-3-5-8-17/h3-11,15,20-21H,12-14,28H2,1-2H3/t20-,21+,26+/m0/s1. The molecule has 1 saturated heterocycles. The van der Waals surface area contributed by atoms with Crippen LogP contribution in [0.1, 0.15) is 51.9 Å². The number of benzene rings is 2. The summed E-state index contributed by atoms with van der Waals surface area (Å²) < 4.78 is 20.3. The Morgan fingerprint density at radius 2 is 2.03 bits per heavy atom. The molecule has 180 valence electrons. The molecule has 0 spiro atoms. The highest BCUT2D eigenvalue weighted by molar-refractivity contribution is 7.09. The van der Waals surface area contributed by atoms with Crippen molar-refractivity contribution in [1.29, 1.82) is 0 Å². The van der Waals surface area contributed by atoms with Gasteiger partial charge >= 0.3 is 0 Å². The van der Waals surface area contributed by atoms with Crippen LogP contribution in [0.15, 0.2) is 64.4 Å². The van der Waals surface area contributed by atoms with E-state index in [-0.39, 0.29) is 30.8 Å². The van der Waals surface area contributed by atoms with Crippen molar-refractivity contribution in [3.05, 3.63) is 87.7 Å². The lowest BCUT2D eigenvalue weighted by Gasteiger charge is -2.23. The fraction of sp³-hybridized carbons (Fsp3) is 0.308. The average Bonchev–Trinajstić information content (AvgIpc) is 3.59. The lowest BCUT2D eigenvalue weighted by Crippen LogP contribution is -2.35. The molecular weight excluding hydrogens is 465 g/mol. The first-order valence-corrected chi connectivity index (χ1v) is 12.3. The molecule has 5 rings (SSSR count). The number of likely N-dealkylation sites (tertiary alicyclic amines) is 1. The molecule has 0 saturated carbocycles. The van der Waals surface area contributed by atoms with E-state index in [9.17, 15) is 9.18 Å². The molecule has 4 aromatic rings. The summed E-state index contributed by atoms with van der Waals surface area (Å²) in [5.41, 5.74) is 8.61. The molecule has 0 aliphatic carbocycles. The van der Waals surface area contributed by atoms with Crippen LogP contribution in [0, 0.1) is 6.92 Å². The number of alkyl halides is 1. The third-order valence-electron chi connectivity index (χ3n) is 6.12. The van der Waals surface area contributed by atoms with Crippen LogP contribution in [0.4, 0.5) is 4.39 Å². The van der Waals surface area contributed by atoms with Gasteiger partial charge in [-0.1, -0.05) is 36.4 Å². The summed E-state index contributed by atoms with van der Waals surface area (Å²) in [6.07, 6.45) is -0.297. The lowest BCUT2D eigenvalue weighted by molar-refractivity contribution is 0.0728. The second-order valence-electron chi connectivity index (χ2n) is 9.21. The van der Waals surface area contributed by atoms with Crippen molar-refractivity contribution in [2.45, 2.75) is 44.4 Å². The van der Waals surface area contributed by atoms with Crippen molar-refractivity contribution in [3.63, 3.8) is 0 Å². The van der Waals surface area contributed by atoms with E-state index >= 15 is 0 Å². The van der Waals surface area contributed by atoms with Crippen molar-refractivity contribution < 1.29 is 13.6 Å². The Labute approximate surface area is 206 Å². The van der Waals surface area contributed by atoms with E-state index < -0.39 is 11.7 Å². The van der Waals surface area contributed by atoms with Gasteiger partial charge in [-0.3, -0.25) is 4.79 Å². The number of carbonyl (C=O) groups excluding carboxylic acids is 1. The Morgan fingerprint density at radius 3 is 2.77 bits per heavy atom. The van der Waals surface area contributed by atoms with Gasteiger partial charge in [0.1, 0.15) is 11.2 Å². The van der Waals surface area contributed by atoms with Gasteiger partial charge in [0.25, 0.3) is 5.91 Å². The van der Waals surface area contributed by atoms with Gasteiger partial charge < -0.3 is 15.1 Å². The molecule has 3 heterocycles. The first-order valence-electron chi connectivity index (χ1n) is 11.4. The van der Waals surface area contributed by atoms with Gasteiger partial charge in [0.15, 0.2) is 0 Å². The van der Waals surface area contributed by atoms with Crippen molar-refractivity contribution >= 4 is 17.2 Å². The molecule has 1 fully saturated rings. The molecule has 7 nitrogen and oxygen atoms in total. The molecule has 1 amide bonds. The number of hydrogen-bond donors (Lipinski definition) is 1.